The van der Waals surface area contributed by atoms with E-state index in [2.05, 4.69) is 25.6 Å². The lowest BCUT2D eigenvalue weighted by atomic mass is 10.2. The Balaban J connectivity index is 1.44. The lowest BCUT2D eigenvalue weighted by Gasteiger charge is -2.09. The number of hydrogen-bond donors (Lipinski definition) is 3. The van der Waals surface area contributed by atoms with Crippen molar-refractivity contribution in [3.05, 3.63) is 90.9 Å². The van der Waals surface area contributed by atoms with Gasteiger partial charge in [-0.15, -0.1) is 0 Å². The van der Waals surface area contributed by atoms with Gasteiger partial charge in [0.05, 0.1) is 5.69 Å². The number of pyridine rings is 1. The average molecular weight is 382 g/mol. The van der Waals surface area contributed by atoms with Crippen LogP contribution in [0.2, 0.25) is 0 Å². The maximum atomic E-state index is 12.3. The number of amides is 1. The normalized spacial score (nSPS) is 10.3. The van der Waals surface area contributed by atoms with Crippen LogP contribution in [0, 0.1) is 0 Å². The van der Waals surface area contributed by atoms with Gasteiger partial charge in [0.15, 0.2) is 0 Å². The van der Waals surface area contributed by atoms with Crippen molar-refractivity contribution in [2.24, 2.45) is 0 Å². The first-order valence-corrected chi connectivity index (χ1v) is 8.95. The zero-order valence-electron chi connectivity index (χ0n) is 15.4. The lowest BCUT2D eigenvalue weighted by Crippen LogP contribution is -2.12. The molecule has 0 bridgehead atoms. The number of rotatable bonds is 5. The van der Waals surface area contributed by atoms with Gasteiger partial charge in [-0.05, 0) is 60.7 Å². The molecule has 2 aromatic carbocycles. The summed E-state index contributed by atoms with van der Waals surface area (Å²) >= 11 is 0. The molecule has 2 aromatic heterocycles. The molecule has 0 aliphatic heterocycles. The molecule has 1 amide bonds. The highest BCUT2D eigenvalue weighted by Gasteiger charge is 2.07. The fourth-order valence-corrected chi connectivity index (χ4v) is 2.74. The molecule has 0 saturated carbocycles. The van der Waals surface area contributed by atoms with Crippen LogP contribution in [-0.4, -0.2) is 20.9 Å². The predicted molar refractivity (Wildman–Crippen MR) is 114 cm³/mol. The molecule has 2 heterocycles. The van der Waals surface area contributed by atoms with E-state index in [0.29, 0.717) is 22.9 Å². The van der Waals surface area contributed by atoms with Crippen LogP contribution in [0.5, 0.6) is 0 Å². The summed E-state index contributed by atoms with van der Waals surface area (Å²) < 4.78 is 0. The second-order valence-electron chi connectivity index (χ2n) is 6.29. The first kappa shape index (κ1) is 18.1. The number of hydrogen-bond acceptors (Lipinski definition) is 6. The van der Waals surface area contributed by atoms with Gasteiger partial charge in [-0.3, -0.25) is 9.78 Å². The molecule has 0 unspecified atom stereocenters. The second kappa shape index (κ2) is 8.18. The number of nitrogen functional groups attached to an aromatic ring is 1. The van der Waals surface area contributed by atoms with Gasteiger partial charge in [0.25, 0.3) is 5.91 Å². The number of carbonyl (C=O) groups is 1. The van der Waals surface area contributed by atoms with Gasteiger partial charge in [0, 0.05) is 46.8 Å². The summed E-state index contributed by atoms with van der Waals surface area (Å²) in [5.41, 5.74) is 9.95. The van der Waals surface area contributed by atoms with Crippen molar-refractivity contribution in [2.45, 2.75) is 0 Å². The van der Waals surface area contributed by atoms with E-state index in [0.717, 1.165) is 16.9 Å². The van der Waals surface area contributed by atoms with Gasteiger partial charge in [-0.25, -0.2) is 9.97 Å². The Kier molecular flexibility index (Phi) is 5.11. The summed E-state index contributed by atoms with van der Waals surface area (Å²) in [6.07, 6.45) is 5.17. The van der Waals surface area contributed by atoms with Crippen molar-refractivity contribution in [2.75, 3.05) is 16.4 Å². The Bertz CT molecular complexity index is 1130. The summed E-state index contributed by atoms with van der Waals surface area (Å²) in [5, 5.41) is 6.01. The molecule has 0 fully saturated rings. The lowest BCUT2D eigenvalue weighted by molar-refractivity contribution is 0.102. The molecule has 0 atom stereocenters. The molecular weight excluding hydrogens is 364 g/mol. The maximum Gasteiger partial charge on any atom is 0.255 e. The highest BCUT2D eigenvalue weighted by molar-refractivity contribution is 6.04. The van der Waals surface area contributed by atoms with Crippen LogP contribution in [-0.2, 0) is 0 Å². The van der Waals surface area contributed by atoms with Gasteiger partial charge in [0.2, 0.25) is 5.95 Å². The van der Waals surface area contributed by atoms with Crippen LogP contribution in [0.15, 0.2) is 85.3 Å². The van der Waals surface area contributed by atoms with Crippen LogP contribution in [0.3, 0.4) is 0 Å². The van der Waals surface area contributed by atoms with Crippen LogP contribution in [0.4, 0.5) is 23.0 Å². The Hall–Kier alpha value is -4.26. The number of nitrogens with one attached hydrogen (secondary N) is 2. The van der Waals surface area contributed by atoms with Gasteiger partial charge in [-0.2, -0.15) is 0 Å². The number of anilines is 4. The smallest absolute Gasteiger partial charge is 0.255 e. The van der Waals surface area contributed by atoms with E-state index >= 15 is 0 Å². The molecule has 29 heavy (non-hydrogen) atoms. The minimum Gasteiger partial charge on any atom is -0.399 e. The monoisotopic (exact) mass is 382 g/mol. The Morgan fingerprint density at radius 1 is 0.897 bits per heavy atom. The minimum atomic E-state index is -0.217. The fourth-order valence-electron chi connectivity index (χ4n) is 2.74. The number of carbonyl (C=O) groups excluding carboxylic acids is 1. The molecule has 0 aliphatic rings. The highest BCUT2D eigenvalue weighted by atomic mass is 16.1. The summed E-state index contributed by atoms with van der Waals surface area (Å²) in [5.74, 6) is 0.258. The fraction of sp³-hybridized carbons (Fsp3) is 0. The van der Waals surface area contributed by atoms with E-state index in [4.69, 9.17) is 5.73 Å². The molecule has 4 rings (SSSR count). The van der Waals surface area contributed by atoms with Crippen LogP contribution >= 0.6 is 0 Å². The molecule has 4 aromatic rings. The molecule has 0 spiro atoms. The molecule has 0 saturated heterocycles. The van der Waals surface area contributed by atoms with Crippen molar-refractivity contribution < 1.29 is 4.79 Å². The molecule has 0 radical (unpaired) electrons. The van der Waals surface area contributed by atoms with Crippen LogP contribution in [0.25, 0.3) is 11.3 Å². The number of nitrogens with zero attached hydrogens (tertiary/aromatic N) is 3. The van der Waals surface area contributed by atoms with Crippen LogP contribution < -0.4 is 16.4 Å². The highest BCUT2D eigenvalue weighted by Crippen LogP contribution is 2.20. The zero-order valence-corrected chi connectivity index (χ0v) is 15.4. The third-order valence-electron chi connectivity index (χ3n) is 4.16. The largest absolute Gasteiger partial charge is 0.399 e. The molecule has 7 nitrogen and oxygen atoms in total. The van der Waals surface area contributed by atoms with Crippen molar-refractivity contribution in [3.63, 3.8) is 0 Å². The van der Waals surface area contributed by atoms with Crippen molar-refractivity contribution in [1.82, 2.24) is 15.0 Å². The standard InChI is InChI=1S/C22H18N6O/c23-17-5-1-3-15(13-17)21(29)26-18-6-8-19(9-7-18)27-22-25-12-10-20(28-22)16-4-2-11-24-14-16/h1-14H,23H2,(H,26,29)(H,25,27,28). The number of benzene rings is 2. The Morgan fingerprint density at radius 3 is 2.48 bits per heavy atom. The van der Waals surface area contributed by atoms with Crippen LogP contribution in [0.1, 0.15) is 10.4 Å². The number of aromatic nitrogens is 3. The van der Waals surface area contributed by atoms with E-state index in [1.165, 1.54) is 0 Å². The van der Waals surface area contributed by atoms with Gasteiger partial charge >= 0.3 is 0 Å². The second-order valence-corrected chi connectivity index (χ2v) is 6.29. The van der Waals surface area contributed by atoms with E-state index in [-0.39, 0.29) is 5.91 Å². The molecule has 7 heteroatoms. The molecular formula is C22H18N6O. The number of nitrogens with two attached hydrogens (primary N) is 1. The Morgan fingerprint density at radius 2 is 1.72 bits per heavy atom. The molecule has 142 valence electrons. The van der Waals surface area contributed by atoms with E-state index < -0.39 is 0 Å². The van der Waals surface area contributed by atoms with E-state index in [9.17, 15) is 4.79 Å². The first-order chi connectivity index (χ1) is 14.2. The van der Waals surface area contributed by atoms with E-state index in [1.54, 1.807) is 55.0 Å². The third-order valence-corrected chi connectivity index (χ3v) is 4.16. The average Bonchev–Trinajstić information content (AvgIpc) is 2.76. The predicted octanol–water partition coefficient (Wildman–Crippen LogP) is 4.12. The van der Waals surface area contributed by atoms with Gasteiger partial charge < -0.3 is 16.4 Å². The quantitative estimate of drug-likeness (QED) is 0.449. The molecule has 4 N–H and O–H groups in total. The summed E-state index contributed by atoms with van der Waals surface area (Å²) in [6, 6.07) is 19.8. The third kappa shape index (κ3) is 4.54. The summed E-state index contributed by atoms with van der Waals surface area (Å²) in [4.78, 5) is 25.2. The van der Waals surface area contributed by atoms with E-state index in [1.807, 2.05) is 30.3 Å². The first-order valence-electron chi connectivity index (χ1n) is 8.95. The van der Waals surface area contributed by atoms with Gasteiger partial charge in [-0.1, -0.05) is 6.07 Å². The molecule has 0 aliphatic carbocycles. The summed E-state index contributed by atoms with van der Waals surface area (Å²) in [6.45, 7) is 0. The van der Waals surface area contributed by atoms with Crippen molar-refractivity contribution >= 4 is 28.9 Å². The summed E-state index contributed by atoms with van der Waals surface area (Å²) in [7, 11) is 0. The van der Waals surface area contributed by atoms with Crippen molar-refractivity contribution in [1.29, 1.82) is 0 Å². The van der Waals surface area contributed by atoms with Crippen molar-refractivity contribution in [3.8, 4) is 11.3 Å². The zero-order chi connectivity index (χ0) is 20.1. The SMILES string of the molecule is Nc1cccc(C(=O)Nc2ccc(Nc3nccc(-c4cccnc4)n3)cc2)c1. The minimum absolute atomic E-state index is 0.217. The Labute approximate surface area is 167 Å². The van der Waals surface area contributed by atoms with Gasteiger partial charge in [0.1, 0.15) is 0 Å². The topological polar surface area (TPSA) is 106 Å². The maximum absolute atomic E-state index is 12.3.